The molecule has 0 N–H and O–H groups in total. The van der Waals surface area contributed by atoms with Crippen LogP contribution in [0.2, 0.25) is 0 Å². The number of fused-ring (bicyclic) bond motifs is 6. The van der Waals surface area contributed by atoms with Crippen molar-refractivity contribution in [2.45, 2.75) is 0 Å². The van der Waals surface area contributed by atoms with E-state index < -0.39 is 0 Å². The maximum atomic E-state index is 2.39. The van der Waals surface area contributed by atoms with E-state index in [0.717, 1.165) is 22.7 Å². The van der Waals surface area contributed by atoms with Crippen LogP contribution in [-0.2, 0) is 0 Å². The van der Waals surface area contributed by atoms with Gasteiger partial charge in [-0.3, -0.25) is 0 Å². The van der Waals surface area contributed by atoms with Crippen LogP contribution in [0.3, 0.4) is 0 Å². The standard InChI is InChI=1S/C54H37N3/c1-4-17-40(18-5-1)55(43-34-31-38(32-35-43)39-33-36-52-48(37-39)45-24-11-14-28-50(45)56(52)41-19-6-2-7-20-41)49-27-13-10-23-44(49)46-26-16-30-53-54(46)47-25-12-15-29-51(47)57(53)42-21-8-3-9-22-42/h1-37H. The first-order chi connectivity index (χ1) is 28.3. The molecule has 2 heterocycles. The molecule has 0 atom stereocenters. The van der Waals surface area contributed by atoms with Gasteiger partial charge in [0.2, 0.25) is 0 Å². The van der Waals surface area contributed by atoms with Crippen LogP contribution in [0.15, 0.2) is 224 Å². The summed E-state index contributed by atoms with van der Waals surface area (Å²) in [5.41, 5.74) is 15.2. The second-order valence-electron chi connectivity index (χ2n) is 14.5. The summed E-state index contributed by atoms with van der Waals surface area (Å²) in [7, 11) is 0. The monoisotopic (exact) mass is 727 g/mol. The third kappa shape index (κ3) is 5.43. The summed E-state index contributed by atoms with van der Waals surface area (Å²) in [5, 5.41) is 4.99. The Hall–Kier alpha value is -7.62. The maximum Gasteiger partial charge on any atom is 0.0547 e. The number of nitrogens with zero attached hydrogens (tertiary/aromatic N) is 3. The largest absolute Gasteiger partial charge is 0.310 e. The van der Waals surface area contributed by atoms with E-state index in [-0.39, 0.29) is 0 Å². The lowest BCUT2D eigenvalue weighted by atomic mass is 9.96. The summed E-state index contributed by atoms with van der Waals surface area (Å²) in [4.78, 5) is 2.39. The van der Waals surface area contributed by atoms with E-state index in [1.165, 1.54) is 71.6 Å². The van der Waals surface area contributed by atoms with Crippen molar-refractivity contribution in [2.75, 3.05) is 4.90 Å². The lowest BCUT2D eigenvalue weighted by Gasteiger charge is -2.28. The Kier molecular flexibility index (Phi) is 7.82. The van der Waals surface area contributed by atoms with Crippen LogP contribution in [-0.4, -0.2) is 9.13 Å². The average molecular weight is 728 g/mol. The highest BCUT2D eigenvalue weighted by atomic mass is 15.1. The van der Waals surface area contributed by atoms with Gasteiger partial charge in [-0.1, -0.05) is 140 Å². The van der Waals surface area contributed by atoms with Gasteiger partial charge in [0.15, 0.2) is 0 Å². The second-order valence-corrected chi connectivity index (χ2v) is 14.5. The Morgan fingerprint density at radius 1 is 0.298 bits per heavy atom. The molecule has 2 aromatic heterocycles. The molecule has 0 unspecified atom stereocenters. The van der Waals surface area contributed by atoms with Gasteiger partial charge in [-0.05, 0) is 102 Å². The van der Waals surface area contributed by atoms with Crippen LogP contribution in [0.5, 0.6) is 0 Å². The molecule has 0 amide bonds. The van der Waals surface area contributed by atoms with Crippen molar-refractivity contribution in [3.8, 4) is 33.6 Å². The Balaban J connectivity index is 1.05. The fourth-order valence-electron chi connectivity index (χ4n) is 8.81. The smallest absolute Gasteiger partial charge is 0.0547 e. The maximum absolute atomic E-state index is 2.39. The first-order valence-electron chi connectivity index (χ1n) is 19.5. The number of rotatable bonds is 7. The molecule has 0 saturated heterocycles. The highest BCUT2D eigenvalue weighted by Crippen LogP contribution is 2.45. The average Bonchev–Trinajstić information content (AvgIpc) is 3.81. The molecule has 11 aromatic rings. The zero-order valence-corrected chi connectivity index (χ0v) is 31.2. The Labute approximate surface area is 331 Å². The van der Waals surface area contributed by atoms with Gasteiger partial charge in [-0.25, -0.2) is 0 Å². The fraction of sp³-hybridized carbons (Fsp3) is 0. The number of hydrogen-bond acceptors (Lipinski definition) is 1. The van der Waals surface area contributed by atoms with E-state index in [2.05, 4.69) is 238 Å². The van der Waals surface area contributed by atoms with Gasteiger partial charge >= 0.3 is 0 Å². The molecular formula is C54H37N3. The lowest BCUT2D eigenvalue weighted by molar-refractivity contribution is 1.18. The predicted molar refractivity (Wildman–Crippen MR) is 241 cm³/mol. The van der Waals surface area contributed by atoms with Crippen molar-refractivity contribution in [1.82, 2.24) is 9.13 Å². The first kappa shape index (κ1) is 32.8. The number of benzene rings is 9. The van der Waals surface area contributed by atoms with Crippen LogP contribution >= 0.6 is 0 Å². The molecule has 0 aliphatic carbocycles. The third-order valence-corrected chi connectivity index (χ3v) is 11.3. The van der Waals surface area contributed by atoms with E-state index in [1.54, 1.807) is 0 Å². The van der Waals surface area contributed by atoms with Gasteiger partial charge < -0.3 is 14.0 Å². The van der Waals surface area contributed by atoms with Crippen LogP contribution in [0.1, 0.15) is 0 Å². The molecule has 0 aliphatic rings. The zero-order chi connectivity index (χ0) is 37.7. The molecule has 0 spiro atoms. The topological polar surface area (TPSA) is 13.1 Å². The molecule has 3 nitrogen and oxygen atoms in total. The minimum absolute atomic E-state index is 1.10. The van der Waals surface area contributed by atoms with Crippen molar-refractivity contribution >= 4 is 60.7 Å². The molecule has 9 aromatic carbocycles. The summed E-state index contributed by atoms with van der Waals surface area (Å²) in [5.74, 6) is 0. The van der Waals surface area contributed by atoms with Crippen molar-refractivity contribution < 1.29 is 0 Å². The van der Waals surface area contributed by atoms with E-state index in [4.69, 9.17) is 0 Å². The molecule has 0 saturated carbocycles. The summed E-state index contributed by atoms with van der Waals surface area (Å²) in [6.07, 6.45) is 0. The summed E-state index contributed by atoms with van der Waals surface area (Å²) >= 11 is 0. The molecule has 268 valence electrons. The molecule has 11 rings (SSSR count). The number of aromatic nitrogens is 2. The van der Waals surface area contributed by atoms with Crippen LogP contribution in [0, 0.1) is 0 Å². The van der Waals surface area contributed by atoms with Gasteiger partial charge in [-0.15, -0.1) is 0 Å². The Bertz CT molecular complexity index is 3210. The molecule has 57 heavy (non-hydrogen) atoms. The Morgan fingerprint density at radius 2 is 0.789 bits per heavy atom. The fourth-order valence-corrected chi connectivity index (χ4v) is 8.81. The highest BCUT2D eigenvalue weighted by molar-refractivity contribution is 6.17. The Morgan fingerprint density at radius 3 is 1.51 bits per heavy atom. The molecular weight excluding hydrogens is 691 g/mol. The summed E-state index contributed by atoms with van der Waals surface area (Å²) in [6.45, 7) is 0. The van der Waals surface area contributed by atoms with Crippen LogP contribution in [0.4, 0.5) is 17.1 Å². The van der Waals surface area contributed by atoms with Crippen LogP contribution < -0.4 is 4.90 Å². The van der Waals surface area contributed by atoms with Crippen molar-refractivity contribution in [3.05, 3.63) is 224 Å². The van der Waals surface area contributed by atoms with Crippen molar-refractivity contribution in [1.29, 1.82) is 0 Å². The molecule has 3 heteroatoms. The van der Waals surface area contributed by atoms with Gasteiger partial charge in [0.25, 0.3) is 0 Å². The number of anilines is 3. The number of para-hydroxylation sites is 6. The summed E-state index contributed by atoms with van der Waals surface area (Å²) < 4.78 is 4.76. The van der Waals surface area contributed by atoms with Gasteiger partial charge in [0.1, 0.15) is 0 Å². The zero-order valence-electron chi connectivity index (χ0n) is 31.2. The van der Waals surface area contributed by atoms with Gasteiger partial charge in [0.05, 0.1) is 27.8 Å². The third-order valence-electron chi connectivity index (χ3n) is 11.3. The quantitative estimate of drug-likeness (QED) is 0.159. The van der Waals surface area contributed by atoms with E-state index in [9.17, 15) is 0 Å². The van der Waals surface area contributed by atoms with E-state index in [0.29, 0.717) is 0 Å². The predicted octanol–water partition coefficient (Wildman–Crippen LogP) is 14.7. The van der Waals surface area contributed by atoms with E-state index in [1.807, 2.05) is 0 Å². The molecule has 0 fully saturated rings. The first-order valence-corrected chi connectivity index (χ1v) is 19.5. The number of hydrogen-bond donors (Lipinski definition) is 0. The minimum atomic E-state index is 1.10. The van der Waals surface area contributed by atoms with Gasteiger partial charge in [-0.2, -0.15) is 0 Å². The van der Waals surface area contributed by atoms with Crippen LogP contribution in [0.25, 0.3) is 77.2 Å². The SMILES string of the molecule is c1ccc(N(c2ccc(-c3ccc4c(c3)c3ccccc3n4-c3ccccc3)cc2)c2ccccc2-c2cccc3c2c2ccccc2n3-c2ccccc2)cc1. The normalized spacial score (nSPS) is 11.5. The molecule has 0 radical (unpaired) electrons. The van der Waals surface area contributed by atoms with Gasteiger partial charge in [0, 0.05) is 49.9 Å². The van der Waals surface area contributed by atoms with Crippen molar-refractivity contribution in [3.63, 3.8) is 0 Å². The van der Waals surface area contributed by atoms with E-state index >= 15 is 0 Å². The highest BCUT2D eigenvalue weighted by Gasteiger charge is 2.21. The summed E-state index contributed by atoms with van der Waals surface area (Å²) in [6, 6.07) is 81.0. The second kappa shape index (κ2) is 13.6. The lowest BCUT2D eigenvalue weighted by Crippen LogP contribution is -2.11. The molecule has 0 bridgehead atoms. The molecule has 0 aliphatic heterocycles. The van der Waals surface area contributed by atoms with Crippen molar-refractivity contribution in [2.24, 2.45) is 0 Å². The minimum Gasteiger partial charge on any atom is -0.310 e.